The minimum Gasteiger partial charge on any atom is -0.248 e. The Hall–Kier alpha value is -2.58. The highest BCUT2D eigenvalue weighted by molar-refractivity contribution is 8.76. The lowest BCUT2D eigenvalue weighted by Crippen LogP contribution is -2.00. The van der Waals surface area contributed by atoms with E-state index in [0.717, 1.165) is 13.1 Å². The van der Waals surface area contributed by atoms with Crippen molar-refractivity contribution in [1.29, 1.82) is 0 Å². The zero-order valence-electron chi connectivity index (χ0n) is 13.8. The van der Waals surface area contributed by atoms with Crippen molar-refractivity contribution < 1.29 is 0 Å². The number of aromatic nitrogens is 6. The maximum atomic E-state index is 3.99. The molecule has 0 aliphatic carbocycles. The van der Waals surface area contributed by atoms with E-state index in [1.54, 1.807) is 34.0 Å². The standard InChI is InChI=1S/C18H16N6S2/c1-5-17(6-2-15(1)13-23-11-9-19-21-23)25-26-18-7-3-16(4-8-18)14-24-12-10-20-22-24/h1-12H,13-14H2. The number of hydrogen-bond acceptors (Lipinski definition) is 6. The maximum absolute atomic E-state index is 3.99. The minimum absolute atomic E-state index is 0.741. The van der Waals surface area contributed by atoms with Crippen molar-refractivity contribution >= 4 is 21.6 Å². The molecule has 4 aromatic rings. The van der Waals surface area contributed by atoms with Crippen LogP contribution in [0.4, 0.5) is 0 Å². The highest BCUT2D eigenvalue weighted by Gasteiger charge is 2.01. The van der Waals surface area contributed by atoms with Gasteiger partial charge < -0.3 is 0 Å². The van der Waals surface area contributed by atoms with E-state index in [0.29, 0.717) is 0 Å². The summed E-state index contributed by atoms with van der Waals surface area (Å²) in [6, 6.07) is 17.1. The summed E-state index contributed by atoms with van der Waals surface area (Å²) in [7, 11) is 3.51. The number of nitrogens with zero attached hydrogens (tertiary/aromatic N) is 6. The Balaban J connectivity index is 1.30. The van der Waals surface area contributed by atoms with Crippen molar-refractivity contribution in [3.05, 3.63) is 84.4 Å². The van der Waals surface area contributed by atoms with Crippen LogP contribution < -0.4 is 0 Å². The molecule has 0 radical (unpaired) electrons. The second-order valence-electron chi connectivity index (χ2n) is 5.66. The lowest BCUT2D eigenvalue weighted by Gasteiger charge is -2.05. The van der Waals surface area contributed by atoms with Crippen molar-refractivity contribution in [3.63, 3.8) is 0 Å². The summed E-state index contributed by atoms with van der Waals surface area (Å²) in [6.07, 6.45) is 7.12. The lowest BCUT2D eigenvalue weighted by atomic mass is 10.2. The van der Waals surface area contributed by atoms with E-state index in [1.165, 1.54) is 20.9 Å². The summed E-state index contributed by atoms with van der Waals surface area (Å²) in [4.78, 5) is 2.45. The Morgan fingerprint density at radius 1 is 0.615 bits per heavy atom. The number of rotatable bonds is 7. The Labute approximate surface area is 159 Å². The van der Waals surface area contributed by atoms with Gasteiger partial charge in [-0.25, -0.2) is 9.36 Å². The van der Waals surface area contributed by atoms with Crippen molar-refractivity contribution in [3.8, 4) is 0 Å². The van der Waals surface area contributed by atoms with Gasteiger partial charge in [-0.05, 0) is 35.4 Å². The first-order chi connectivity index (χ1) is 12.8. The number of hydrogen-bond donors (Lipinski definition) is 0. The summed E-state index contributed by atoms with van der Waals surface area (Å²) in [5, 5.41) is 15.6. The molecule has 0 N–H and O–H groups in total. The fourth-order valence-electron chi connectivity index (χ4n) is 2.41. The highest BCUT2D eigenvalue weighted by atomic mass is 33.1. The molecule has 0 saturated heterocycles. The predicted molar refractivity (Wildman–Crippen MR) is 103 cm³/mol. The Bertz CT molecular complexity index is 839. The molecule has 0 amide bonds. The molecule has 0 unspecified atom stereocenters. The molecule has 2 aromatic carbocycles. The minimum atomic E-state index is 0.741. The third-order valence-electron chi connectivity index (χ3n) is 3.71. The van der Waals surface area contributed by atoms with Gasteiger partial charge >= 0.3 is 0 Å². The Morgan fingerprint density at radius 2 is 1.04 bits per heavy atom. The first-order valence-electron chi connectivity index (χ1n) is 8.06. The lowest BCUT2D eigenvalue weighted by molar-refractivity contribution is 0.649. The summed E-state index contributed by atoms with van der Waals surface area (Å²) >= 11 is 0. The third kappa shape index (κ3) is 4.53. The first-order valence-corrected chi connectivity index (χ1v) is 10.2. The quantitative estimate of drug-likeness (QED) is 0.455. The fraction of sp³-hybridized carbons (Fsp3) is 0.111. The van der Waals surface area contributed by atoms with E-state index >= 15 is 0 Å². The largest absolute Gasteiger partial charge is 0.248 e. The van der Waals surface area contributed by atoms with Crippen molar-refractivity contribution in [2.75, 3.05) is 0 Å². The molecule has 0 atom stereocenters. The van der Waals surface area contributed by atoms with Gasteiger partial charge in [-0.3, -0.25) is 0 Å². The third-order valence-corrected chi connectivity index (χ3v) is 6.13. The smallest absolute Gasteiger partial charge is 0.0693 e. The van der Waals surface area contributed by atoms with Gasteiger partial charge in [-0.2, -0.15) is 0 Å². The van der Waals surface area contributed by atoms with Crippen LogP contribution in [0.1, 0.15) is 11.1 Å². The molecule has 4 rings (SSSR count). The van der Waals surface area contributed by atoms with Crippen LogP contribution >= 0.6 is 21.6 Å². The zero-order valence-corrected chi connectivity index (χ0v) is 15.5. The summed E-state index contributed by atoms with van der Waals surface area (Å²) in [6.45, 7) is 1.48. The second-order valence-corrected chi connectivity index (χ2v) is 7.93. The molecule has 6 nitrogen and oxygen atoms in total. The molecule has 0 fully saturated rings. The van der Waals surface area contributed by atoms with Gasteiger partial charge in [0.2, 0.25) is 0 Å². The number of benzene rings is 2. The van der Waals surface area contributed by atoms with E-state index in [9.17, 15) is 0 Å². The Kier molecular flexibility index (Phi) is 5.32. The topological polar surface area (TPSA) is 61.4 Å². The first kappa shape index (κ1) is 16.9. The summed E-state index contributed by atoms with van der Waals surface area (Å²) < 4.78 is 3.63. The van der Waals surface area contributed by atoms with Crippen LogP contribution in [0.25, 0.3) is 0 Å². The average molecular weight is 381 g/mol. The van der Waals surface area contributed by atoms with Gasteiger partial charge in [0.1, 0.15) is 0 Å². The van der Waals surface area contributed by atoms with Crippen LogP contribution in [0.5, 0.6) is 0 Å². The Morgan fingerprint density at radius 3 is 1.38 bits per heavy atom. The normalized spacial score (nSPS) is 10.9. The molecule has 0 saturated carbocycles. The molecule has 0 aliphatic heterocycles. The van der Waals surface area contributed by atoms with Gasteiger partial charge in [0.25, 0.3) is 0 Å². The van der Waals surface area contributed by atoms with Crippen LogP contribution in [0.15, 0.2) is 83.1 Å². The highest BCUT2D eigenvalue weighted by Crippen LogP contribution is 2.37. The molecular formula is C18H16N6S2. The second kappa shape index (κ2) is 8.20. The molecular weight excluding hydrogens is 364 g/mol. The van der Waals surface area contributed by atoms with E-state index in [1.807, 2.05) is 21.8 Å². The van der Waals surface area contributed by atoms with Gasteiger partial charge in [0.15, 0.2) is 0 Å². The van der Waals surface area contributed by atoms with Crippen LogP contribution in [0.3, 0.4) is 0 Å². The molecule has 26 heavy (non-hydrogen) atoms. The maximum Gasteiger partial charge on any atom is 0.0693 e. The van der Waals surface area contributed by atoms with E-state index < -0.39 is 0 Å². The van der Waals surface area contributed by atoms with Crippen LogP contribution in [0, 0.1) is 0 Å². The van der Waals surface area contributed by atoms with Crippen molar-refractivity contribution in [2.24, 2.45) is 0 Å². The SMILES string of the molecule is c1cn(Cc2ccc(SSc3ccc(Cn4ccnn4)cc3)cc2)nn1. The van der Waals surface area contributed by atoms with Crippen LogP contribution in [0.2, 0.25) is 0 Å². The van der Waals surface area contributed by atoms with Crippen LogP contribution in [-0.4, -0.2) is 30.0 Å². The van der Waals surface area contributed by atoms with E-state index in [-0.39, 0.29) is 0 Å². The molecule has 0 aliphatic rings. The van der Waals surface area contributed by atoms with Crippen LogP contribution in [-0.2, 0) is 13.1 Å². The molecule has 130 valence electrons. The van der Waals surface area contributed by atoms with Gasteiger partial charge in [-0.15, -0.1) is 10.2 Å². The monoisotopic (exact) mass is 380 g/mol. The van der Waals surface area contributed by atoms with Gasteiger partial charge in [-0.1, -0.05) is 56.3 Å². The summed E-state index contributed by atoms with van der Waals surface area (Å²) in [5.41, 5.74) is 2.42. The fourth-order valence-corrected chi connectivity index (χ4v) is 4.34. The van der Waals surface area contributed by atoms with E-state index in [2.05, 4.69) is 69.2 Å². The van der Waals surface area contributed by atoms with Gasteiger partial charge in [0.05, 0.1) is 25.5 Å². The molecule has 0 bridgehead atoms. The molecule has 2 aromatic heterocycles. The average Bonchev–Trinajstić information content (AvgIpc) is 3.37. The predicted octanol–water partition coefficient (Wildman–Crippen LogP) is 3.77. The molecule has 8 heteroatoms. The summed E-state index contributed by atoms with van der Waals surface area (Å²) in [5.74, 6) is 0. The molecule has 0 spiro atoms. The zero-order chi connectivity index (χ0) is 17.6. The molecule has 2 heterocycles. The van der Waals surface area contributed by atoms with E-state index in [4.69, 9.17) is 0 Å². The van der Waals surface area contributed by atoms with Crippen molar-refractivity contribution in [2.45, 2.75) is 22.9 Å². The van der Waals surface area contributed by atoms with Crippen molar-refractivity contribution in [1.82, 2.24) is 30.0 Å². The van der Waals surface area contributed by atoms with Gasteiger partial charge in [0, 0.05) is 22.2 Å².